The molecule has 0 aliphatic heterocycles. The zero-order chi connectivity index (χ0) is 18.4. The van der Waals surface area contributed by atoms with Crippen molar-refractivity contribution in [3.05, 3.63) is 53.2 Å². The van der Waals surface area contributed by atoms with Gasteiger partial charge in [-0.2, -0.15) is 13.2 Å². The average Bonchev–Trinajstić information content (AvgIpc) is 2.50. The van der Waals surface area contributed by atoms with Crippen LogP contribution >= 0.6 is 0 Å². The summed E-state index contributed by atoms with van der Waals surface area (Å²) in [5.74, 6) is 0.102. The van der Waals surface area contributed by atoms with Gasteiger partial charge in [0.25, 0.3) is 0 Å². The predicted octanol–water partition coefficient (Wildman–Crippen LogP) is 3.57. The maximum Gasteiger partial charge on any atom is 0.422 e. The smallest absolute Gasteiger partial charge is 0.422 e. The molecule has 0 atom stereocenters. The van der Waals surface area contributed by atoms with Crippen molar-refractivity contribution in [3.8, 4) is 5.88 Å². The van der Waals surface area contributed by atoms with Gasteiger partial charge in [0.15, 0.2) is 12.6 Å². The lowest BCUT2D eigenvalue weighted by Crippen LogP contribution is -2.22. The van der Waals surface area contributed by atoms with E-state index in [9.17, 15) is 13.2 Å². The Bertz CT molecular complexity index is 740. The molecule has 0 aliphatic rings. The van der Waals surface area contributed by atoms with Gasteiger partial charge >= 0.3 is 6.18 Å². The first kappa shape index (κ1) is 18.6. The van der Waals surface area contributed by atoms with Crippen molar-refractivity contribution in [1.29, 1.82) is 0 Å². The van der Waals surface area contributed by atoms with Gasteiger partial charge in [0.2, 0.25) is 5.88 Å². The molecule has 0 saturated heterocycles. The van der Waals surface area contributed by atoms with Gasteiger partial charge in [-0.3, -0.25) is 0 Å². The van der Waals surface area contributed by atoms with Crippen molar-refractivity contribution < 1.29 is 17.9 Å². The summed E-state index contributed by atoms with van der Waals surface area (Å²) in [5.41, 5.74) is 9.50. The minimum Gasteiger partial charge on any atom is -0.468 e. The minimum absolute atomic E-state index is 0.106. The molecule has 0 bridgehead atoms. The summed E-state index contributed by atoms with van der Waals surface area (Å²) in [5, 5.41) is 2.99. The standard InChI is InChI=1S/C17H19F3N4O/c1-11-5-12(2)7-14(6-11)24-16(21)23-9-13-3-4-22-15(8-13)25-10-17(18,19)20/h3-8H,9-10H2,1-2H3,(H3,21,23,24). The molecule has 0 fully saturated rings. The summed E-state index contributed by atoms with van der Waals surface area (Å²) in [7, 11) is 0. The summed E-state index contributed by atoms with van der Waals surface area (Å²) < 4.78 is 41.1. The summed E-state index contributed by atoms with van der Waals surface area (Å²) in [4.78, 5) is 7.92. The number of hydrogen-bond donors (Lipinski definition) is 2. The number of nitrogens with two attached hydrogens (primary N) is 1. The number of nitrogens with zero attached hydrogens (tertiary/aromatic N) is 2. The summed E-state index contributed by atoms with van der Waals surface area (Å²) >= 11 is 0. The van der Waals surface area contributed by atoms with Gasteiger partial charge in [-0.15, -0.1) is 0 Å². The SMILES string of the molecule is Cc1cc(C)cc(NC(N)=NCc2ccnc(OCC(F)(F)F)c2)c1. The summed E-state index contributed by atoms with van der Waals surface area (Å²) in [6.45, 7) is 2.76. The van der Waals surface area contributed by atoms with E-state index in [4.69, 9.17) is 5.73 Å². The number of guanidine groups is 1. The molecule has 0 spiro atoms. The van der Waals surface area contributed by atoms with Crippen LogP contribution in [0.15, 0.2) is 41.5 Å². The third kappa shape index (κ3) is 6.70. The molecule has 1 aromatic heterocycles. The van der Waals surface area contributed by atoms with E-state index >= 15 is 0 Å². The second-order valence-corrected chi connectivity index (χ2v) is 5.61. The Balaban J connectivity index is 1.98. The molecule has 25 heavy (non-hydrogen) atoms. The molecule has 1 aromatic carbocycles. The molecule has 8 heteroatoms. The molecular formula is C17H19F3N4O. The normalized spacial score (nSPS) is 12.1. The number of nitrogens with one attached hydrogen (secondary N) is 1. The third-order valence-electron chi connectivity index (χ3n) is 3.11. The number of halogens is 3. The lowest BCUT2D eigenvalue weighted by molar-refractivity contribution is -0.154. The number of aryl methyl sites for hydroxylation is 2. The highest BCUT2D eigenvalue weighted by molar-refractivity contribution is 5.92. The molecule has 2 aromatic rings. The number of rotatable bonds is 5. The van der Waals surface area contributed by atoms with Crippen LogP contribution in [0.1, 0.15) is 16.7 Å². The van der Waals surface area contributed by atoms with Crippen LogP contribution in [0, 0.1) is 13.8 Å². The molecule has 2 rings (SSSR count). The number of anilines is 1. The highest BCUT2D eigenvalue weighted by Gasteiger charge is 2.28. The maximum atomic E-state index is 12.2. The summed E-state index contributed by atoms with van der Waals surface area (Å²) in [6, 6.07) is 8.95. The van der Waals surface area contributed by atoms with Crippen LogP contribution in [0.3, 0.4) is 0 Å². The van der Waals surface area contributed by atoms with Gasteiger partial charge in [-0.05, 0) is 48.7 Å². The van der Waals surface area contributed by atoms with Crippen molar-refractivity contribution >= 4 is 11.6 Å². The minimum atomic E-state index is -4.41. The number of aromatic nitrogens is 1. The van der Waals surface area contributed by atoms with Crippen LogP contribution in [0.25, 0.3) is 0 Å². The fraction of sp³-hybridized carbons (Fsp3) is 0.294. The van der Waals surface area contributed by atoms with Gasteiger partial charge in [0, 0.05) is 18.0 Å². The average molecular weight is 352 g/mol. The first-order chi connectivity index (χ1) is 11.7. The molecule has 1 heterocycles. The number of benzene rings is 1. The molecule has 0 aliphatic carbocycles. The van der Waals surface area contributed by atoms with Gasteiger partial charge < -0.3 is 15.8 Å². The van der Waals surface area contributed by atoms with E-state index < -0.39 is 12.8 Å². The maximum absolute atomic E-state index is 12.2. The van der Waals surface area contributed by atoms with Crippen LogP contribution in [0.5, 0.6) is 5.88 Å². The van der Waals surface area contributed by atoms with E-state index in [0.29, 0.717) is 5.56 Å². The Morgan fingerprint density at radius 1 is 1.20 bits per heavy atom. The topological polar surface area (TPSA) is 72.5 Å². The Labute approximate surface area is 143 Å². The predicted molar refractivity (Wildman–Crippen MR) is 90.7 cm³/mol. The largest absolute Gasteiger partial charge is 0.468 e. The summed E-state index contributed by atoms with van der Waals surface area (Å²) in [6.07, 6.45) is -3.04. The highest BCUT2D eigenvalue weighted by Crippen LogP contribution is 2.18. The molecule has 5 nitrogen and oxygen atoms in total. The number of pyridine rings is 1. The first-order valence-corrected chi connectivity index (χ1v) is 7.51. The molecular weight excluding hydrogens is 333 g/mol. The second-order valence-electron chi connectivity index (χ2n) is 5.61. The van der Waals surface area contributed by atoms with Crippen molar-refractivity contribution in [2.75, 3.05) is 11.9 Å². The fourth-order valence-electron chi connectivity index (χ4n) is 2.19. The lowest BCUT2D eigenvalue weighted by atomic mass is 10.1. The third-order valence-corrected chi connectivity index (χ3v) is 3.11. The van der Waals surface area contributed by atoms with E-state index in [1.807, 2.05) is 32.0 Å². The van der Waals surface area contributed by atoms with Crippen LogP contribution in [-0.4, -0.2) is 23.7 Å². The van der Waals surface area contributed by atoms with E-state index in [2.05, 4.69) is 20.0 Å². The first-order valence-electron chi connectivity index (χ1n) is 7.51. The van der Waals surface area contributed by atoms with Crippen LogP contribution in [0.4, 0.5) is 18.9 Å². The second kappa shape index (κ2) is 7.87. The molecule has 3 N–H and O–H groups in total. The van der Waals surface area contributed by atoms with Crippen LogP contribution in [-0.2, 0) is 6.54 Å². The van der Waals surface area contributed by atoms with Gasteiger partial charge in [0.05, 0.1) is 6.54 Å². The van der Waals surface area contributed by atoms with Crippen LogP contribution < -0.4 is 15.8 Å². The van der Waals surface area contributed by atoms with E-state index in [0.717, 1.165) is 16.8 Å². The monoisotopic (exact) mass is 352 g/mol. The van der Waals surface area contributed by atoms with Crippen molar-refractivity contribution in [1.82, 2.24) is 4.98 Å². The Morgan fingerprint density at radius 3 is 2.52 bits per heavy atom. The molecule has 0 saturated carbocycles. The van der Waals surface area contributed by atoms with Gasteiger partial charge in [-0.25, -0.2) is 9.98 Å². The number of alkyl halides is 3. The Morgan fingerprint density at radius 2 is 1.88 bits per heavy atom. The Hall–Kier alpha value is -2.77. The van der Waals surface area contributed by atoms with E-state index in [1.54, 1.807) is 6.07 Å². The van der Waals surface area contributed by atoms with Gasteiger partial charge in [-0.1, -0.05) is 6.07 Å². The number of aliphatic imine (C=N–C) groups is 1. The van der Waals surface area contributed by atoms with E-state index in [1.165, 1.54) is 12.3 Å². The highest BCUT2D eigenvalue weighted by atomic mass is 19.4. The Kier molecular flexibility index (Phi) is 5.84. The van der Waals surface area contributed by atoms with Gasteiger partial charge in [0.1, 0.15) is 0 Å². The molecule has 0 unspecified atom stereocenters. The van der Waals surface area contributed by atoms with Crippen LogP contribution in [0.2, 0.25) is 0 Å². The molecule has 0 amide bonds. The fourth-order valence-corrected chi connectivity index (χ4v) is 2.19. The molecule has 134 valence electrons. The van der Waals surface area contributed by atoms with Crippen molar-refractivity contribution in [2.24, 2.45) is 10.7 Å². The molecule has 0 radical (unpaired) electrons. The number of ether oxygens (including phenoxy) is 1. The number of hydrogen-bond acceptors (Lipinski definition) is 3. The van der Waals surface area contributed by atoms with E-state index in [-0.39, 0.29) is 18.4 Å². The zero-order valence-corrected chi connectivity index (χ0v) is 13.9. The van der Waals surface area contributed by atoms with Crippen molar-refractivity contribution in [3.63, 3.8) is 0 Å². The lowest BCUT2D eigenvalue weighted by Gasteiger charge is -2.09. The van der Waals surface area contributed by atoms with Crippen molar-refractivity contribution in [2.45, 2.75) is 26.6 Å². The zero-order valence-electron chi connectivity index (χ0n) is 13.9. The quantitative estimate of drug-likeness (QED) is 0.637.